The van der Waals surface area contributed by atoms with Crippen molar-refractivity contribution < 1.29 is 14.6 Å². The van der Waals surface area contributed by atoms with Gasteiger partial charge in [0.05, 0.1) is 20.3 Å². The number of terminal acetylenes is 1. The molecule has 1 aromatic carbocycles. The van der Waals surface area contributed by atoms with E-state index in [1.165, 1.54) is 0 Å². The van der Waals surface area contributed by atoms with E-state index in [0.29, 0.717) is 30.8 Å². The van der Waals surface area contributed by atoms with Gasteiger partial charge in [-0.15, -0.1) is 12.3 Å². The molecule has 0 spiro atoms. The predicted molar refractivity (Wildman–Crippen MR) is 67.3 cm³/mol. The third-order valence-electron chi connectivity index (χ3n) is 2.54. The Hall–Kier alpha value is -1.66. The summed E-state index contributed by atoms with van der Waals surface area (Å²) >= 11 is 0. The lowest BCUT2D eigenvalue weighted by molar-refractivity contribution is 0.166. The van der Waals surface area contributed by atoms with Gasteiger partial charge in [0.25, 0.3) is 0 Å². The van der Waals surface area contributed by atoms with Gasteiger partial charge in [-0.3, -0.25) is 0 Å². The summed E-state index contributed by atoms with van der Waals surface area (Å²) in [5, 5.41) is 9.76. The van der Waals surface area contributed by atoms with Crippen LogP contribution in [-0.2, 0) is 6.42 Å². The molecule has 0 amide bonds. The zero-order valence-corrected chi connectivity index (χ0v) is 10.3. The molecule has 0 aliphatic rings. The van der Waals surface area contributed by atoms with E-state index in [-0.39, 0.29) is 0 Å². The van der Waals surface area contributed by atoms with Gasteiger partial charge in [0.2, 0.25) is 0 Å². The quantitative estimate of drug-likeness (QED) is 0.765. The Labute approximate surface area is 102 Å². The van der Waals surface area contributed by atoms with E-state index < -0.39 is 6.10 Å². The molecule has 0 heterocycles. The van der Waals surface area contributed by atoms with Crippen molar-refractivity contribution in [3.05, 3.63) is 23.8 Å². The standard InChI is InChI=1S/C14H18O3/c1-4-5-6-12(15)9-11-7-8-13(16-2)14(10-11)17-3/h1,7-8,10,12,15H,5-6,9H2,2-3H3. The monoisotopic (exact) mass is 234 g/mol. The number of ether oxygens (including phenoxy) is 2. The Morgan fingerprint density at radius 1 is 1.29 bits per heavy atom. The zero-order valence-electron chi connectivity index (χ0n) is 10.3. The first-order valence-corrected chi connectivity index (χ1v) is 5.53. The van der Waals surface area contributed by atoms with Crippen molar-refractivity contribution in [2.75, 3.05) is 14.2 Å². The lowest BCUT2D eigenvalue weighted by Gasteiger charge is -2.12. The van der Waals surface area contributed by atoms with Gasteiger partial charge in [-0.25, -0.2) is 0 Å². The molecule has 0 saturated carbocycles. The summed E-state index contributed by atoms with van der Waals surface area (Å²) in [5.74, 6) is 3.88. The highest BCUT2D eigenvalue weighted by atomic mass is 16.5. The second-order valence-corrected chi connectivity index (χ2v) is 3.79. The molecule has 1 aromatic rings. The average Bonchev–Trinajstić information content (AvgIpc) is 2.36. The lowest BCUT2D eigenvalue weighted by atomic mass is 10.0. The number of aliphatic hydroxyl groups excluding tert-OH is 1. The van der Waals surface area contributed by atoms with E-state index in [0.717, 1.165) is 5.56 Å². The largest absolute Gasteiger partial charge is 0.493 e. The maximum absolute atomic E-state index is 9.76. The molecule has 1 rings (SSSR count). The Kier molecular flexibility index (Phi) is 5.38. The smallest absolute Gasteiger partial charge is 0.160 e. The van der Waals surface area contributed by atoms with Crippen molar-refractivity contribution in [3.63, 3.8) is 0 Å². The molecule has 0 aromatic heterocycles. The number of rotatable bonds is 6. The molecule has 17 heavy (non-hydrogen) atoms. The third kappa shape index (κ3) is 4.01. The van der Waals surface area contributed by atoms with Crippen molar-refractivity contribution in [1.82, 2.24) is 0 Å². The van der Waals surface area contributed by atoms with E-state index in [1.807, 2.05) is 18.2 Å². The summed E-state index contributed by atoms with van der Waals surface area (Å²) in [6.07, 6.45) is 6.52. The molecule has 0 bridgehead atoms. The van der Waals surface area contributed by atoms with Gasteiger partial charge in [-0.2, -0.15) is 0 Å². The molecule has 0 aliphatic carbocycles. The molecule has 92 valence electrons. The van der Waals surface area contributed by atoms with Crippen molar-refractivity contribution in [2.45, 2.75) is 25.4 Å². The highest BCUT2D eigenvalue weighted by molar-refractivity contribution is 5.43. The second kappa shape index (κ2) is 6.82. The minimum atomic E-state index is -0.413. The number of aliphatic hydroxyl groups is 1. The number of benzene rings is 1. The number of methoxy groups -OCH3 is 2. The van der Waals surface area contributed by atoms with Gasteiger partial charge in [-0.05, 0) is 30.5 Å². The summed E-state index contributed by atoms with van der Waals surface area (Å²) < 4.78 is 10.3. The fourth-order valence-electron chi connectivity index (χ4n) is 1.63. The third-order valence-corrected chi connectivity index (χ3v) is 2.54. The van der Waals surface area contributed by atoms with Crippen LogP contribution in [0.25, 0.3) is 0 Å². The normalized spacial score (nSPS) is 11.6. The molecule has 1 unspecified atom stereocenters. The van der Waals surface area contributed by atoms with Crippen LogP contribution in [-0.4, -0.2) is 25.4 Å². The number of hydrogen-bond acceptors (Lipinski definition) is 3. The zero-order chi connectivity index (χ0) is 12.7. The maximum Gasteiger partial charge on any atom is 0.160 e. The molecule has 3 nitrogen and oxygen atoms in total. The highest BCUT2D eigenvalue weighted by Gasteiger charge is 2.08. The van der Waals surface area contributed by atoms with Crippen molar-refractivity contribution in [1.29, 1.82) is 0 Å². The van der Waals surface area contributed by atoms with Crippen LogP contribution in [0.5, 0.6) is 11.5 Å². The van der Waals surface area contributed by atoms with Crippen molar-refractivity contribution in [2.24, 2.45) is 0 Å². The Morgan fingerprint density at radius 3 is 2.59 bits per heavy atom. The summed E-state index contributed by atoms with van der Waals surface area (Å²) in [5.41, 5.74) is 1.01. The Morgan fingerprint density at radius 2 is 2.00 bits per heavy atom. The SMILES string of the molecule is C#CCCC(O)Cc1ccc(OC)c(OC)c1. The summed E-state index contributed by atoms with van der Waals surface area (Å²) in [6, 6.07) is 5.63. The maximum atomic E-state index is 9.76. The summed E-state index contributed by atoms with van der Waals surface area (Å²) in [7, 11) is 3.19. The molecular formula is C14H18O3. The van der Waals surface area contributed by atoms with E-state index >= 15 is 0 Å². The first-order valence-electron chi connectivity index (χ1n) is 5.53. The Balaban J connectivity index is 2.69. The highest BCUT2D eigenvalue weighted by Crippen LogP contribution is 2.28. The summed E-state index contributed by atoms with van der Waals surface area (Å²) in [4.78, 5) is 0. The first kappa shape index (κ1) is 13.4. The molecule has 3 heteroatoms. The van der Waals surface area contributed by atoms with Crippen LogP contribution in [0.3, 0.4) is 0 Å². The van der Waals surface area contributed by atoms with Crippen molar-refractivity contribution >= 4 is 0 Å². The van der Waals surface area contributed by atoms with Gasteiger partial charge >= 0.3 is 0 Å². The average molecular weight is 234 g/mol. The van der Waals surface area contributed by atoms with E-state index in [2.05, 4.69) is 5.92 Å². The van der Waals surface area contributed by atoms with E-state index in [1.54, 1.807) is 14.2 Å². The molecule has 0 fully saturated rings. The Bertz CT molecular complexity index is 393. The predicted octanol–water partition coefficient (Wildman–Crippen LogP) is 2.02. The topological polar surface area (TPSA) is 38.7 Å². The lowest BCUT2D eigenvalue weighted by Crippen LogP contribution is -2.10. The van der Waals surface area contributed by atoms with Crippen LogP contribution in [0.2, 0.25) is 0 Å². The van der Waals surface area contributed by atoms with Crippen LogP contribution < -0.4 is 9.47 Å². The van der Waals surface area contributed by atoms with Crippen LogP contribution in [0.4, 0.5) is 0 Å². The number of hydrogen-bond donors (Lipinski definition) is 1. The molecule has 1 N–H and O–H groups in total. The fourth-order valence-corrected chi connectivity index (χ4v) is 1.63. The van der Waals surface area contributed by atoms with Gasteiger partial charge < -0.3 is 14.6 Å². The summed E-state index contributed by atoms with van der Waals surface area (Å²) in [6.45, 7) is 0. The van der Waals surface area contributed by atoms with E-state index in [9.17, 15) is 5.11 Å². The fraction of sp³-hybridized carbons (Fsp3) is 0.429. The van der Waals surface area contributed by atoms with Gasteiger partial charge in [0, 0.05) is 6.42 Å². The first-order chi connectivity index (χ1) is 8.21. The minimum Gasteiger partial charge on any atom is -0.493 e. The van der Waals surface area contributed by atoms with Gasteiger partial charge in [0.15, 0.2) is 11.5 Å². The van der Waals surface area contributed by atoms with Crippen molar-refractivity contribution in [3.8, 4) is 23.8 Å². The second-order valence-electron chi connectivity index (χ2n) is 3.79. The van der Waals surface area contributed by atoms with Crippen LogP contribution in [0.1, 0.15) is 18.4 Å². The minimum absolute atomic E-state index is 0.413. The van der Waals surface area contributed by atoms with Crippen LogP contribution in [0.15, 0.2) is 18.2 Å². The molecule has 0 saturated heterocycles. The molecule has 1 atom stereocenters. The molecule has 0 radical (unpaired) electrons. The molecular weight excluding hydrogens is 216 g/mol. The molecule has 0 aliphatic heterocycles. The van der Waals surface area contributed by atoms with Gasteiger partial charge in [-0.1, -0.05) is 6.07 Å². The van der Waals surface area contributed by atoms with Crippen LogP contribution >= 0.6 is 0 Å². The van der Waals surface area contributed by atoms with Gasteiger partial charge in [0.1, 0.15) is 0 Å². The van der Waals surface area contributed by atoms with Crippen LogP contribution in [0, 0.1) is 12.3 Å². The van der Waals surface area contributed by atoms with E-state index in [4.69, 9.17) is 15.9 Å².